The number of hydrogen-bond donors (Lipinski definition) is 1. The summed E-state index contributed by atoms with van der Waals surface area (Å²) < 4.78 is 0. The third-order valence-electron chi connectivity index (χ3n) is 3.32. The maximum Gasteiger partial charge on any atom is 0.336 e. The molecule has 0 aliphatic carbocycles. The molecular formula is C16H13N3O2. The number of aromatic carboxylic acids is 1. The van der Waals surface area contributed by atoms with Gasteiger partial charge in [0, 0.05) is 17.8 Å². The minimum Gasteiger partial charge on any atom is -0.478 e. The van der Waals surface area contributed by atoms with Gasteiger partial charge < -0.3 is 5.11 Å². The van der Waals surface area contributed by atoms with E-state index >= 15 is 0 Å². The summed E-state index contributed by atoms with van der Waals surface area (Å²) in [6.45, 7) is 3.75. The van der Waals surface area contributed by atoms with E-state index in [2.05, 4.69) is 15.0 Å². The largest absolute Gasteiger partial charge is 0.478 e. The van der Waals surface area contributed by atoms with Crippen LogP contribution in [0.2, 0.25) is 0 Å². The number of aromatic nitrogens is 3. The minimum atomic E-state index is -0.976. The van der Waals surface area contributed by atoms with Gasteiger partial charge in [0.05, 0.1) is 22.5 Å². The van der Waals surface area contributed by atoms with E-state index in [0.29, 0.717) is 28.0 Å². The van der Waals surface area contributed by atoms with Crippen LogP contribution in [0.15, 0.2) is 36.7 Å². The molecule has 1 N–H and O–H groups in total. The predicted molar refractivity (Wildman–Crippen MR) is 79.2 cm³/mol. The number of aryl methyl sites for hydroxylation is 2. The van der Waals surface area contributed by atoms with Gasteiger partial charge in [-0.1, -0.05) is 11.6 Å². The number of hydrogen-bond acceptors (Lipinski definition) is 4. The van der Waals surface area contributed by atoms with Crippen molar-refractivity contribution in [2.45, 2.75) is 13.8 Å². The Morgan fingerprint density at radius 1 is 1.10 bits per heavy atom. The highest BCUT2D eigenvalue weighted by Gasteiger charge is 2.15. The van der Waals surface area contributed by atoms with Crippen LogP contribution in [-0.2, 0) is 0 Å². The summed E-state index contributed by atoms with van der Waals surface area (Å²) in [6, 6.07) is 7.13. The first-order chi connectivity index (χ1) is 10.1. The van der Waals surface area contributed by atoms with E-state index in [1.165, 1.54) is 0 Å². The Kier molecular flexibility index (Phi) is 3.10. The Bertz CT molecular complexity index is 859. The number of carbonyl (C=O) groups is 1. The zero-order valence-corrected chi connectivity index (χ0v) is 11.7. The average Bonchev–Trinajstić information content (AvgIpc) is 2.46. The molecule has 0 fully saturated rings. The fourth-order valence-electron chi connectivity index (χ4n) is 2.30. The van der Waals surface area contributed by atoms with Crippen LogP contribution in [0.4, 0.5) is 0 Å². The molecule has 21 heavy (non-hydrogen) atoms. The monoisotopic (exact) mass is 279 g/mol. The van der Waals surface area contributed by atoms with E-state index in [4.69, 9.17) is 0 Å². The first-order valence-electron chi connectivity index (χ1n) is 6.49. The van der Waals surface area contributed by atoms with E-state index < -0.39 is 5.97 Å². The average molecular weight is 279 g/mol. The first kappa shape index (κ1) is 13.2. The Balaban J connectivity index is 2.34. The van der Waals surface area contributed by atoms with Crippen molar-refractivity contribution < 1.29 is 9.90 Å². The van der Waals surface area contributed by atoms with Gasteiger partial charge in [-0.15, -0.1) is 0 Å². The third kappa shape index (κ3) is 2.33. The van der Waals surface area contributed by atoms with Crippen LogP contribution in [0, 0.1) is 13.8 Å². The summed E-state index contributed by atoms with van der Waals surface area (Å²) in [4.78, 5) is 24.5. The molecule has 3 aromatic rings. The smallest absolute Gasteiger partial charge is 0.336 e. The molecule has 0 spiro atoms. The Hall–Kier alpha value is -2.82. The van der Waals surface area contributed by atoms with Crippen LogP contribution in [0.1, 0.15) is 21.6 Å². The summed E-state index contributed by atoms with van der Waals surface area (Å²) in [5.74, 6) is -0.976. The van der Waals surface area contributed by atoms with Crippen LogP contribution in [0.25, 0.3) is 22.3 Å². The van der Waals surface area contributed by atoms with Crippen molar-refractivity contribution >= 4 is 16.9 Å². The molecule has 5 nitrogen and oxygen atoms in total. The molecule has 2 heterocycles. The van der Waals surface area contributed by atoms with E-state index in [1.54, 1.807) is 18.5 Å². The number of benzene rings is 1. The molecule has 0 amide bonds. The molecule has 5 heteroatoms. The zero-order chi connectivity index (χ0) is 15.0. The molecule has 0 aliphatic rings. The van der Waals surface area contributed by atoms with Gasteiger partial charge in [-0.25, -0.2) is 9.78 Å². The highest BCUT2D eigenvalue weighted by Crippen LogP contribution is 2.25. The second kappa shape index (κ2) is 4.94. The van der Waals surface area contributed by atoms with Gasteiger partial charge in [0.15, 0.2) is 0 Å². The molecule has 0 radical (unpaired) electrons. The lowest BCUT2D eigenvalue weighted by molar-refractivity contribution is 0.0699. The van der Waals surface area contributed by atoms with Crippen molar-refractivity contribution in [3.63, 3.8) is 0 Å². The summed E-state index contributed by atoms with van der Waals surface area (Å²) in [5.41, 5.74) is 3.70. The molecular weight excluding hydrogens is 266 g/mol. The van der Waals surface area contributed by atoms with E-state index in [1.807, 2.05) is 32.0 Å². The van der Waals surface area contributed by atoms with Crippen molar-refractivity contribution in [2.24, 2.45) is 0 Å². The van der Waals surface area contributed by atoms with E-state index in [9.17, 15) is 9.90 Å². The molecule has 0 saturated heterocycles. The Morgan fingerprint density at radius 3 is 2.57 bits per heavy atom. The van der Waals surface area contributed by atoms with E-state index in [0.717, 1.165) is 5.56 Å². The summed E-state index contributed by atoms with van der Waals surface area (Å²) in [6.07, 6.45) is 3.17. The van der Waals surface area contributed by atoms with Crippen molar-refractivity contribution in [1.82, 2.24) is 15.0 Å². The number of pyridine rings is 1. The molecule has 0 aliphatic heterocycles. The Labute approximate surface area is 121 Å². The maximum atomic E-state index is 11.5. The zero-order valence-electron chi connectivity index (χ0n) is 11.7. The molecule has 0 bridgehead atoms. The fourth-order valence-corrected chi connectivity index (χ4v) is 2.30. The van der Waals surface area contributed by atoms with Crippen molar-refractivity contribution in [3.8, 4) is 11.4 Å². The lowest BCUT2D eigenvalue weighted by Gasteiger charge is -2.08. The van der Waals surface area contributed by atoms with Crippen molar-refractivity contribution in [3.05, 3.63) is 53.5 Å². The third-order valence-corrected chi connectivity index (χ3v) is 3.32. The highest BCUT2D eigenvalue weighted by molar-refractivity contribution is 6.03. The van der Waals surface area contributed by atoms with Crippen LogP contribution < -0.4 is 0 Å². The normalized spacial score (nSPS) is 10.8. The van der Waals surface area contributed by atoms with Gasteiger partial charge in [0.1, 0.15) is 5.69 Å². The Morgan fingerprint density at radius 2 is 1.86 bits per heavy atom. The lowest BCUT2D eigenvalue weighted by atomic mass is 10.0. The van der Waals surface area contributed by atoms with Gasteiger partial charge in [0.25, 0.3) is 0 Å². The van der Waals surface area contributed by atoms with Gasteiger partial charge in [-0.2, -0.15) is 0 Å². The van der Waals surface area contributed by atoms with Crippen molar-refractivity contribution in [1.29, 1.82) is 0 Å². The van der Waals surface area contributed by atoms with Crippen LogP contribution in [-0.4, -0.2) is 26.0 Å². The molecule has 104 valence electrons. The van der Waals surface area contributed by atoms with E-state index in [-0.39, 0.29) is 5.56 Å². The van der Waals surface area contributed by atoms with Gasteiger partial charge in [-0.3, -0.25) is 9.97 Å². The number of carboxylic acid groups (broad SMARTS) is 1. The van der Waals surface area contributed by atoms with Gasteiger partial charge in [0.2, 0.25) is 0 Å². The minimum absolute atomic E-state index is 0.226. The molecule has 0 saturated carbocycles. The second-order valence-corrected chi connectivity index (χ2v) is 4.87. The number of fused-ring (bicyclic) bond motifs is 1. The second-order valence-electron chi connectivity index (χ2n) is 4.87. The number of rotatable bonds is 2. The number of nitrogens with zero attached hydrogens (tertiary/aromatic N) is 3. The predicted octanol–water partition coefficient (Wildman–Crippen LogP) is 3.01. The van der Waals surface area contributed by atoms with Crippen LogP contribution in [0.3, 0.4) is 0 Å². The fraction of sp³-hybridized carbons (Fsp3) is 0.125. The summed E-state index contributed by atoms with van der Waals surface area (Å²) in [5, 5.41) is 10.1. The first-order valence-corrected chi connectivity index (χ1v) is 6.49. The molecule has 0 unspecified atom stereocenters. The SMILES string of the molecule is Cc1ccc2nc(-c3nccnc3C)cc(C(=O)O)c2c1. The summed E-state index contributed by atoms with van der Waals surface area (Å²) >= 11 is 0. The topological polar surface area (TPSA) is 76.0 Å². The van der Waals surface area contributed by atoms with Crippen LogP contribution >= 0.6 is 0 Å². The molecule has 0 atom stereocenters. The van der Waals surface area contributed by atoms with Crippen molar-refractivity contribution in [2.75, 3.05) is 0 Å². The van der Waals surface area contributed by atoms with Gasteiger partial charge >= 0.3 is 5.97 Å². The number of carboxylic acids is 1. The molecule has 2 aromatic heterocycles. The van der Waals surface area contributed by atoms with Crippen LogP contribution in [0.5, 0.6) is 0 Å². The molecule has 1 aromatic carbocycles. The molecule has 3 rings (SSSR count). The van der Waals surface area contributed by atoms with Gasteiger partial charge in [-0.05, 0) is 32.0 Å². The quantitative estimate of drug-likeness (QED) is 0.780. The standard InChI is InChI=1S/C16H13N3O2/c1-9-3-4-13-11(7-9)12(16(20)21)8-14(19-13)15-10(2)17-5-6-18-15/h3-8H,1-2H3,(H,20,21). The lowest BCUT2D eigenvalue weighted by Crippen LogP contribution is -2.02. The highest BCUT2D eigenvalue weighted by atomic mass is 16.4. The summed E-state index contributed by atoms with van der Waals surface area (Å²) in [7, 11) is 0. The maximum absolute atomic E-state index is 11.5.